The largest absolute Gasteiger partial charge is 1.00 e. The van der Waals surface area contributed by atoms with Crippen LogP contribution in [0.1, 0.15) is 10.6 Å². The van der Waals surface area contributed by atoms with Gasteiger partial charge < -0.3 is 15.4 Å². The number of carboxylic acids is 1. The van der Waals surface area contributed by atoms with E-state index in [1.54, 1.807) is 0 Å². The first-order valence-electron chi connectivity index (χ1n) is 2.39. The molecule has 0 aromatic carbocycles. The minimum Gasteiger partial charge on any atom is -0.542 e. The van der Waals surface area contributed by atoms with Crippen LogP contribution in [0.15, 0.2) is 4.73 Å². The van der Waals surface area contributed by atoms with Gasteiger partial charge in [0.1, 0.15) is 5.97 Å². The Labute approximate surface area is 119 Å². The molecule has 0 bridgehead atoms. The van der Waals surface area contributed by atoms with Crippen LogP contribution in [0.4, 0.5) is 0 Å². The van der Waals surface area contributed by atoms with Crippen molar-refractivity contribution in [2.75, 3.05) is 0 Å². The van der Waals surface area contributed by atoms with E-state index < -0.39 is 5.97 Å². The summed E-state index contributed by atoms with van der Waals surface area (Å²) in [6.07, 6.45) is 0. The third kappa shape index (κ3) is 3.60. The SMILES string of the molecule is Cn1nc(Br)nc1C(=O)[O-].O.[K+]. The molecule has 1 heterocycles. The maximum atomic E-state index is 10.2. The molecule has 1 aromatic rings. The zero-order valence-corrected chi connectivity index (χ0v) is 11.2. The maximum Gasteiger partial charge on any atom is 1.00 e. The van der Waals surface area contributed by atoms with Crippen LogP contribution in [0.5, 0.6) is 0 Å². The Kier molecular flexibility index (Phi) is 7.82. The standard InChI is InChI=1S/C4H4BrN3O2.K.H2O/c1-8-2(3(9)10)6-4(5)7-8;;/h1H3,(H,9,10);;1H2/q;+1;/p-1. The van der Waals surface area contributed by atoms with E-state index in [2.05, 4.69) is 26.0 Å². The van der Waals surface area contributed by atoms with Crippen molar-refractivity contribution < 1.29 is 66.8 Å². The average Bonchev–Trinajstić information content (AvgIpc) is 2.10. The molecule has 0 aliphatic rings. The van der Waals surface area contributed by atoms with Crippen molar-refractivity contribution in [3.8, 4) is 0 Å². The van der Waals surface area contributed by atoms with E-state index in [0.29, 0.717) is 0 Å². The molecule has 0 amide bonds. The number of hydrogen-bond acceptors (Lipinski definition) is 4. The number of aromatic carboxylic acids is 1. The first-order valence-corrected chi connectivity index (χ1v) is 3.18. The van der Waals surface area contributed by atoms with Crippen molar-refractivity contribution in [3.63, 3.8) is 0 Å². The molecule has 0 spiro atoms. The fourth-order valence-electron chi connectivity index (χ4n) is 0.531. The Bertz CT molecular complexity index is 277. The number of carbonyl (C=O) groups is 1. The Morgan fingerprint density at radius 2 is 2.17 bits per heavy atom. The predicted molar refractivity (Wildman–Crippen MR) is 36.6 cm³/mol. The van der Waals surface area contributed by atoms with Gasteiger partial charge >= 0.3 is 51.4 Å². The number of aryl methyl sites for hydroxylation is 1. The van der Waals surface area contributed by atoms with Crippen molar-refractivity contribution in [2.45, 2.75) is 0 Å². The molecular formula is C4H5BrKN3O3. The van der Waals surface area contributed by atoms with E-state index in [-0.39, 0.29) is 67.4 Å². The van der Waals surface area contributed by atoms with E-state index in [0.717, 1.165) is 4.68 Å². The van der Waals surface area contributed by atoms with Gasteiger partial charge in [0.15, 0.2) is 5.82 Å². The summed E-state index contributed by atoms with van der Waals surface area (Å²) in [4.78, 5) is 13.7. The molecule has 8 heteroatoms. The molecule has 1 aromatic heterocycles. The van der Waals surface area contributed by atoms with Gasteiger partial charge in [0, 0.05) is 7.05 Å². The molecule has 0 fully saturated rings. The van der Waals surface area contributed by atoms with Crippen molar-refractivity contribution >= 4 is 21.9 Å². The van der Waals surface area contributed by atoms with Gasteiger partial charge in [-0.05, 0) is 15.9 Å². The van der Waals surface area contributed by atoms with E-state index in [4.69, 9.17) is 0 Å². The van der Waals surface area contributed by atoms with E-state index >= 15 is 0 Å². The molecule has 0 aliphatic heterocycles. The van der Waals surface area contributed by atoms with E-state index in [9.17, 15) is 9.90 Å². The normalized spacial score (nSPS) is 8.17. The van der Waals surface area contributed by atoms with Gasteiger partial charge in [-0.25, -0.2) is 4.68 Å². The molecule has 62 valence electrons. The summed E-state index contributed by atoms with van der Waals surface area (Å²) < 4.78 is 1.37. The third-order valence-corrected chi connectivity index (χ3v) is 1.26. The quantitative estimate of drug-likeness (QED) is 0.473. The summed E-state index contributed by atoms with van der Waals surface area (Å²) in [7, 11) is 1.48. The van der Waals surface area contributed by atoms with E-state index in [1.807, 2.05) is 0 Å². The molecule has 0 radical (unpaired) electrons. The fraction of sp³-hybridized carbons (Fsp3) is 0.250. The van der Waals surface area contributed by atoms with Gasteiger partial charge in [-0.15, -0.1) is 5.10 Å². The third-order valence-electron chi connectivity index (χ3n) is 0.920. The van der Waals surface area contributed by atoms with Gasteiger partial charge in [-0.2, -0.15) is 4.98 Å². The summed E-state index contributed by atoms with van der Waals surface area (Å²) in [6.45, 7) is 0. The monoisotopic (exact) mass is 261 g/mol. The summed E-state index contributed by atoms with van der Waals surface area (Å²) in [5.74, 6) is -1.52. The van der Waals surface area contributed by atoms with Crippen LogP contribution in [0.3, 0.4) is 0 Å². The summed E-state index contributed by atoms with van der Waals surface area (Å²) >= 11 is 2.92. The summed E-state index contributed by atoms with van der Waals surface area (Å²) in [6, 6.07) is 0. The number of aromatic nitrogens is 3. The first kappa shape index (κ1) is 15.2. The smallest absolute Gasteiger partial charge is 0.542 e. The zero-order valence-electron chi connectivity index (χ0n) is 6.54. The van der Waals surface area contributed by atoms with Crippen LogP contribution in [0.2, 0.25) is 0 Å². The van der Waals surface area contributed by atoms with E-state index in [1.165, 1.54) is 7.05 Å². The van der Waals surface area contributed by atoms with Crippen molar-refractivity contribution in [1.82, 2.24) is 14.8 Å². The van der Waals surface area contributed by atoms with Gasteiger partial charge in [0.2, 0.25) is 4.73 Å². The molecule has 12 heavy (non-hydrogen) atoms. The van der Waals surface area contributed by atoms with Crippen LogP contribution in [-0.2, 0) is 7.05 Å². The number of rotatable bonds is 1. The van der Waals surface area contributed by atoms with Crippen molar-refractivity contribution in [3.05, 3.63) is 10.6 Å². The first-order chi connectivity index (χ1) is 4.61. The second kappa shape index (κ2) is 6.19. The number of hydrogen-bond donors (Lipinski definition) is 0. The molecule has 0 saturated heterocycles. The minimum atomic E-state index is -1.33. The molecule has 6 nitrogen and oxygen atoms in total. The Balaban J connectivity index is 0. The average molecular weight is 262 g/mol. The summed E-state index contributed by atoms with van der Waals surface area (Å²) in [5, 5.41) is 13.8. The second-order valence-corrected chi connectivity index (χ2v) is 2.32. The Morgan fingerprint density at radius 3 is 2.33 bits per heavy atom. The van der Waals surface area contributed by atoms with Gasteiger partial charge in [0.25, 0.3) is 0 Å². The number of nitrogens with zero attached hydrogens (tertiary/aromatic N) is 3. The molecular weight excluding hydrogens is 257 g/mol. The number of carbonyl (C=O) groups excluding carboxylic acids is 1. The topological polar surface area (TPSA) is 102 Å². The molecule has 1 rings (SSSR count). The van der Waals surface area contributed by atoms with Crippen LogP contribution in [0.25, 0.3) is 0 Å². The van der Waals surface area contributed by atoms with Crippen LogP contribution in [0, 0.1) is 0 Å². The van der Waals surface area contributed by atoms with Gasteiger partial charge in [0.05, 0.1) is 0 Å². The zero-order chi connectivity index (χ0) is 7.72. The van der Waals surface area contributed by atoms with Gasteiger partial charge in [-0.3, -0.25) is 0 Å². The Hall–Kier alpha value is 0.686. The van der Waals surface area contributed by atoms with Crippen molar-refractivity contribution in [2.24, 2.45) is 7.05 Å². The second-order valence-electron chi connectivity index (χ2n) is 1.62. The molecule has 0 atom stereocenters. The number of carboxylic acid groups (broad SMARTS) is 1. The van der Waals surface area contributed by atoms with Crippen molar-refractivity contribution in [1.29, 1.82) is 0 Å². The van der Waals surface area contributed by atoms with Crippen LogP contribution in [-0.4, -0.2) is 26.2 Å². The molecule has 2 N–H and O–H groups in total. The van der Waals surface area contributed by atoms with Crippen LogP contribution < -0.4 is 56.5 Å². The number of halogens is 1. The Morgan fingerprint density at radius 1 is 1.67 bits per heavy atom. The van der Waals surface area contributed by atoms with Gasteiger partial charge in [-0.1, -0.05) is 0 Å². The molecule has 0 saturated carbocycles. The maximum absolute atomic E-state index is 10.2. The van der Waals surface area contributed by atoms with Crippen LogP contribution >= 0.6 is 15.9 Å². The fourth-order valence-corrected chi connectivity index (χ4v) is 0.937. The molecule has 0 unspecified atom stereocenters. The molecule has 0 aliphatic carbocycles. The summed E-state index contributed by atoms with van der Waals surface area (Å²) in [5.41, 5.74) is 0. The minimum absolute atomic E-state index is 0. The predicted octanol–water partition coefficient (Wildman–Crippen LogP) is -4.88.